The fourth-order valence-corrected chi connectivity index (χ4v) is 4.14. The number of aliphatic hydroxyl groups excluding tert-OH is 1. The molecule has 0 aliphatic carbocycles. The molecule has 0 aromatic heterocycles. The smallest absolute Gasteiger partial charge is 0.244 e. The fourth-order valence-electron chi connectivity index (χ4n) is 4.14. The third-order valence-electron chi connectivity index (χ3n) is 5.96. The summed E-state index contributed by atoms with van der Waals surface area (Å²) in [5.74, 6) is 0.594. The molecule has 0 saturated carbocycles. The monoisotopic (exact) mass is 451 g/mol. The maximum Gasteiger partial charge on any atom is 0.244 e. The number of piperidine rings is 1. The highest BCUT2D eigenvalue weighted by molar-refractivity contribution is 5.92. The summed E-state index contributed by atoms with van der Waals surface area (Å²) in [5.41, 5.74) is 2.27. The van der Waals surface area contributed by atoms with E-state index in [9.17, 15) is 14.3 Å². The second kappa shape index (κ2) is 12.1. The number of benzene rings is 2. The predicted octanol–water partition coefficient (Wildman–Crippen LogP) is 3.15. The Bertz CT molecular complexity index is 993. The fraction of sp³-hybridized carbons (Fsp3) is 0.385. The van der Waals surface area contributed by atoms with E-state index in [1.807, 2.05) is 12.1 Å². The number of carbonyl (C=O) groups excluding carboxylic acids is 1. The maximum atomic E-state index is 13.1. The quantitative estimate of drug-likeness (QED) is 0.572. The third-order valence-corrected chi connectivity index (χ3v) is 5.96. The highest BCUT2D eigenvalue weighted by Gasteiger charge is 2.22. The molecule has 6 nitrogen and oxygen atoms in total. The van der Waals surface area contributed by atoms with Crippen molar-refractivity contribution in [2.45, 2.75) is 25.3 Å². The molecule has 2 aromatic carbocycles. The van der Waals surface area contributed by atoms with Crippen molar-refractivity contribution in [2.75, 3.05) is 33.4 Å². The second-order valence-electron chi connectivity index (χ2n) is 8.36. The SMILES string of the molecule is COc1ccc(C#N)cc1/C=C/C(=O)NC(CO)CN1CCC(Cc2ccc(F)cc2)CC1. The van der Waals surface area contributed by atoms with Crippen molar-refractivity contribution in [3.63, 3.8) is 0 Å². The number of nitrogens with one attached hydrogen (secondary N) is 1. The maximum absolute atomic E-state index is 13.1. The number of amides is 1. The lowest BCUT2D eigenvalue weighted by molar-refractivity contribution is -0.117. The summed E-state index contributed by atoms with van der Waals surface area (Å²) in [4.78, 5) is 14.7. The summed E-state index contributed by atoms with van der Waals surface area (Å²) in [6.07, 6.45) is 5.98. The van der Waals surface area contributed by atoms with E-state index in [1.54, 1.807) is 24.3 Å². The number of likely N-dealkylation sites (tertiary alicyclic amines) is 1. The van der Waals surface area contributed by atoms with Crippen molar-refractivity contribution in [3.8, 4) is 11.8 Å². The topological polar surface area (TPSA) is 85.6 Å². The summed E-state index contributed by atoms with van der Waals surface area (Å²) >= 11 is 0. The van der Waals surface area contributed by atoms with Crippen LogP contribution in [0.25, 0.3) is 6.08 Å². The number of ether oxygens (including phenoxy) is 1. The number of rotatable bonds is 9. The van der Waals surface area contributed by atoms with Gasteiger partial charge in [-0.3, -0.25) is 4.79 Å². The summed E-state index contributed by atoms with van der Waals surface area (Å²) < 4.78 is 18.4. The van der Waals surface area contributed by atoms with Crippen LogP contribution < -0.4 is 10.1 Å². The molecule has 0 radical (unpaired) electrons. The van der Waals surface area contributed by atoms with Gasteiger partial charge in [-0.2, -0.15) is 5.26 Å². The first-order valence-corrected chi connectivity index (χ1v) is 11.1. The van der Waals surface area contributed by atoms with Crippen LogP contribution in [0.4, 0.5) is 4.39 Å². The first-order chi connectivity index (χ1) is 16.0. The summed E-state index contributed by atoms with van der Waals surface area (Å²) in [6, 6.07) is 13.4. The number of halogens is 1. The normalized spacial score (nSPS) is 15.8. The minimum atomic E-state index is -0.372. The molecule has 174 valence electrons. The molecular formula is C26H30FN3O3. The Hall–Kier alpha value is -3.21. The molecule has 2 aromatic rings. The average Bonchev–Trinajstić information content (AvgIpc) is 2.84. The number of methoxy groups -OCH3 is 1. The van der Waals surface area contributed by atoms with Gasteiger partial charge in [-0.05, 0) is 80.2 Å². The van der Waals surface area contributed by atoms with Gasteiger partial charge >= 0.3 is 0 Å². The van der Waals surface area contributed by atoms with Crippen molar-refractivity contribution >= 4 is 12.0 Å². The number of hydrogen-bond acceptors (Lipinski definition) is 5. The first kappa shape index (κ1) is 24.4. The lowest BCUT2D eigenvalue weighted by Gasteiger charge is -2.34. The molecule has 1 amide bonds. The van der Waals surface area contributed by atoms with Gasteiger partial charge in [-0.25, -0.2) is 4.39 Å². The van der Waals surface area contributed by atoms with E-state index in [4.69, 9.17) is 10.00 Å². The molecule has 33 heavy (non-hydrogen) atoms. The molecule has 0 spiro atoms. The van der Waals surface area contributed by atoms with Gasteiger partial charge in [-0.15, -0.1) is 0 Å². The van der Waals surface area contributed by atoms with Crippen LogP contribution in [0.1, 0.15) is 29.5 Å². The Kier molecular flexibility index (Phi) is 8.99. The van der Waals surface area contributed by atoms with Crippen LogP contribution in [0.2, 0.25) is 0 Å². The lowest BCUT2D eigenvalue weighted by Crippen LogP contribution is -2.47. The van der Waals surface area contributed by atoms with Crippen molar-refractivity contribution in [1.29, 1.82) is 5.26 Å². The molecule has 1 atom stereocenters. The Morgan fingerprint density at radius 3 is 2.67 bits per heavy atom. The van der Waals surface area contributed by atoms with Gasteiger partial charge in [0, 0.05) is 18.2 Å². The third kappa shape index (κ3) is 7.41. The number of hydrogen-bond donors (Lipinski definition) is 2. The van der Waals surface area contributed by atoms with Crippen LogP contribution in [0.3, 0.4) is 0 Å². The highest BCUT2D eigenvalue weighted by Crippen LogP contribution is 2.23. The molecule has 0 bridgehead atoms. The molecule has 1 aliphatic rings. The van der Waals surface area contributed by atoms with Crippen molar-refractivity contribution in [1.82, 2.24) is 10.2 Å². The van der Waals surface area contributed by atoms with Gasteiger partial charge in [0.15, 0.2) is 0 Å². The Labute approximate surface area is 194 Å². The van der Waals surface area contributed by atoms with Crippen LogP contribution >= 0.6 is 0 Å². The van der Waals surface area contributed by atoms with Crippen LogP contribution in [-0.4, -0.2) is 55.3 Å². The molecule has 3 rings (SSSR count). The largest absolute Gasteiger partial charge is 0.496 e. The van der Waals surface area contributed by atoms with Crippen molar-refractivity contribution < 1.29 is 19.0 Å². The highest BCUT2D eigenvalue weighted by atomic mass is 19.1. The summed E-state index contributed by atoms with van der Waals surface area (Å²) in [5, 5.41) is 21.7. The Morgan fingerprint density at radius 2 is 2.03 bits per heavy atom. The van der Waals surface area contributed by atoms with Crippen molar-refractivity contribution in [2.24, 2.45) is 5.92 Å². The van der Waals surface area contributed by atoms with Gasteiger partial charge < -0.3 is 20.1 Å². The van der Waals surface area contributed by atoms with E-state index in [2.05, 4.69) is 16.3 Å². The molecule has 1 fully saturated rings. The standard InChI is InChI=1S/C26H30FN3O3/c1-33-25-8-4-21(16-28)15-22(25)5-9-26(32)29-24(18-31)17-30-12-10-20(11-13-30)14-19-2-6-23(27)7-3-19/h2-9,15,20,24,31H,10-14,17-18H2,1H3,(H,29,32)/b9-5+. The van der Waals surface area contributed by atoms with E-state index in [1.165, 1.54) is 25.3 Å². The molecule has 7 heteroatoms. The number of nitrogens with zero attached hydrogens (tertiary/aromatic N) is 2. The van der Waals surface area contributed by atoms with Crippen LogP contribution in [0, 0.1) is 23.1 Å². The van der Waals surface area contributed by atoms with Crippen molar-refractivity contribution in [3.05, 3.63) is 71.0 Å². The van der Waals surface area contributed by atoms with Gasteiger partial charge in [0.1, 0.15) is 11.6 Å². The summed E-state index contributed by atoms with van der Waals surface area (Å²) in [6.45, 7) is 2.22. The summed E-state index contributed by atoms with van der Waals surface area (Å²) in [7, 11) is 1.53. The average molecular weight is 452 g/mol. The van der Waals surface area contributed by atoms with Gasteiger partial charge in [0.2, 0.25) is 5.91 Å². The number of carbonyl (C=O) groups is 1. The number of aliphatic hydroxyl groups is 1. The Morgan fingerprint density at radius 1 is 1.30 bits per heavy atom. The lowest BCUT2D eigenvalue weighted by atomic mass is 9.90. The minimum Gasteiger partial charge on any atom is -0.496 e. The predicted molar refractivity (Wildman–Crippen MR) is 125 cm³/mol. The van der Waals surface area contributed by atoms with E-state index in [0.29, 0.717) is 29.3 Å². The van der Waals surface area contributed by atoms with E-state index in [-0.39, 0.29) is 24.4 Å². The van der Waals surface area contributed by atoms with Crippen LogP contribution in [0.15, 0.2) is 48.5 Å². The first-order valence-electron chi connectivity index (χ1n) is 11.1. The molecule has 1 unspecified atom stereocenters. The molecule has 1 aliphatic heterocycles. The molecule has 1 heterocycles. The minimum absolute atomic E-state index is 0.150. The Balaban J connectivity index is 1.47. The number of nitriles is 1. The van der Waals surface area contributed by atoms with Crippen LogP contribution in [-0.2, 0) is 11.2 Å². The van der Waals surface area contributed by atoms with E-state index in [0.717, 1.165) is 37.9 Å². The van der Waals surface area contributed by atoms with E-state index >= 15 is 0 Å². The van der Waals surface area contributed by atoms with Gasteiger partial charge in [0.25, 0.3) is 0 Å². The van der Waals surface area contributed by atoms with Crippen LogP contribution in [0.5, 0.6) is 5.75 Å². The second-order valence-corrected chi connectivity index (χ2v) is 8.36. The zero-order chi connectivity index (χ0) is 23.6. The molecule has 2 N–H and O–H groups in total. The zero-order valence-corrected chi connectivity index (χ0v) is 18.8. The zero-order valence-electron chi connectivity index (χ0n) is 18.8. The molecule has 1 saturated heterocycles. The van der Waals surface area contributed by atoms with Gasteiger partial charge in [0.05, 0.1) is 31.4 Å². The van der Waals surface area contributed by atoms with E-state index < -0.39 is 0 Å². The van der Waals surface area contributed by atoms with Gasteiger partial charge in [-0.1, -0.05) is 12.1 Å². The molecular weight excluding hydrogens is 421 g/mol.